The molecule has 18 atom stereocenters. The molecule has 2 saturated heterocycles. The van der Waals surface area contributed by atoms with Gasteiger partial charge in [-0.2, -0.15) is 0 Å². The van der Waals surface area contributed by atoms with Gasteiger partial charge in [0.2, 0.25) is 59.3 Å². The van der Waals surface area contributed by atoms with E-state index in [4.69, 9.17) is 56.2 Å². The SMILES string of the molecule is CNCCCCCNC(=O)Oc1cc(O)c2c(c1)[C@@H](C(=O)NC1C3CC4CC(C3)CC1C4)NC(=O)[C@H]1NC(=O)[C@H](NC(=O)[C@@H]3NC(=O)[C@H](CC(N)=O)NC(=O)[C@H](NC(=O)[C@@H](CC(C)C)NC)[C@H](O)c4ccc(c(C)c4)Oc4cc3cc(c4O[C@@H]3O[C@H](CO)[C@@H](O)[C@H](O)[C@H]3O[C@H]3C[C@](C)(N)[C@H](O)[C@H](C)O3)Oc3ccc(cc3Cl)[C@H]1O)c1ccc(O)c-2c1. The molecule has 37 heteroatoms. The molecule has 4 saturated carbocycles. The van der Waals surface area contributed by atoms with Gasteiger partial charge in [0.25, 0.3) is 0 Å². The number of unbranched alkanes of at least 4 members (excludes halogenated alkanes) is 2. The molecule has 9 amide bonds. The Balaban J connectivity index is 1.01. The molecule has 6 fully saturated rings. The molecule has 15 bridgehead atoms. The van der Waals surface area contributed by atoms with Crippen LogP contribution in [0.5, 0.6) is 46.0 Å². The number of ether oxygens (including phenoxy) is 7. The van der Waals surface area contributed by atoms with Gasteiger partial charge in [-0.3, -0.25) is 38.4 Å². The quantitative estimate of drug-likeness (QED) is 0.0469. The highest BCUT2D eigenvalue weighted by atomic mass is 35.5. The molecule has 5 aromatic rings. The Bertz CT molecular complexity index is 4720. The first-order chi connectivity index (χ1) is 57.6. The van der Waals surface area contributed by atoms with Crippen LogP contribution in [-0.2, 0) is 52.6 Å². The number of carbonyl (C=O) groups excluding carboxylic acids is 9. The number of amides is 9. The maximum atomic E-state index is 16.5. The first-order valence-electron chi connectivity index (χ1n) is 40.8. The summed E-state index contributed by atoms with van der Waals surface area (Å²) in [6.07, 6.45) is -12.7. The highest BCUT2D eigenvalue weighted by Gasteiger charge is 2.53. The third-order valence-electron chi connectivity index (χ3n) is 24.1. The monoisotopic (exact) mass is 1700 g/mol. The van der Waals surface area contributed by atoms with Crippen molar-refractivity contribution < 1.29 is 117 Å². The van der Waals surface area contributed by atoms with Gasteiger partial charge in [0.15, 0.2) is 23.9 Å². The predicted octanol–water partition coefficient (Wildman–Crippen LogP) is 2.39. The summed E-state index contributed by atoms with van der Waals surface area (Å²) in [6, 6.07) is 1.37. The first-order valence-corrected chi connectivity index (χ1v) is 41.2. The van der Waals surface area contributed by atoms with Crippen LogP contribution in [0.3, 0.4) is 0 Å². The zero-order valence-electron chi connectivity index (χ0n) is 67.8. The number of carbonyl (C=O) groups is 9. The molecular formula is C84H107ClN12O24. The average Bonchev–Trinajstić information content (AvgIpc) is 0.754. The number of nitrogens with two attached hydrogens (primary N) is 2. The molecule has 4 aliphatic carbocycles. The van der Waals surface area contributed by atoms with Crippen LogP contribution in [0.1, 0.15) is 162 Å². The molecule has 16 rings (SSSR count). The van der Waals surface area contributed by atoms with E-state index in [-0.39, 0.29) is 98.4 Å². The van der Waals surface area contributed by atoms with Crippen molar-refractivity contribution in [1.82, 2.24) is 53.2 Å². The topological polar surface area (TPSA) is 552 Å². The van der Waals surface area contributed by atoms with Crippen molar-refractivity contribution in [2.75, 3.05) is 33.8 Å². The van der Waals surface area contributed by atoms with E-state index in [1.54, 1.807) is 0 Å². The van der Waals surface area contributed by atoms with Crippen molar-refractivity contribution in [3.63, 3.8) is 0 Å². The summed E-state index contributed by atoms with van der Waals surface area (Å²) in [5, 5.41) is 123. The Labute approximate surface area is 701 Å². The van der Waals surface area contributed by atoms with E-state index < -0.39 is 216 Å². The van der Waals surface area contributed by atoms with Crippen LogP contribution >= 0.6 is 11.6 Å². The van der Waals surface area contributed by atoms with Gasteiger partial charge in [0.1, 0.15) is 95.5 Å². The van der Waals surface area contributed by atoms with E-state index >= 15 is 28.8 Å². The number of primary amides is 1. The molecule has 0 unspecified atom stereocenters. The fourth-order valence-electron chi connectivity index (χ4n) is 18.1. The van der Waals surface area contributed by atoms with Gasteiger partial charge in [0.05, 0.1) is 36.3 Å². The Hall–Kier alpha value is -10.1. The fourth-order valence-corrected chi connectivity index (χ4v) is 18.3. The summed E-state index contributed by atoms with van der Waals surface area (Å²) in [7, 11) is 3.32. The number of aromatic hydroxyl groups is 2. The second-order valence-electron chi connectivity index (χ2n) is 33.6. The van der Waals surface area contributed by atoms with Crippen molar-refractivity contribution in [2.45, 2.75) is 221 Å². The van der Waals surface area contributed by atoms with E-state index in [9.17, 15) is 55.2 Å². The summed E-state index contributed by atoms with van der Waals surface area (Å²) >= 11 is 7.30. The molecule has 22 N–H and O–H groups in total. The maximum Gasteiger partial charge on any atom is 0.412 e. The molecule has 0 spiro atoms. The minimum atomic E-state index is -2.32. The number of aliphatic hydroxyl groups is 6. The Morgan fingerprint density at radius 1 is 0.686 bits per heavy atom. The van der Waals surface area contributed by atoms with Crippen LogP contribution in [0.2, 0.25) is 5.02 Å². The van der Waals surface area contributed by atoms with Gasteiger partial charge in [-0.25, -0.2) is 4.79 Å². The molecule has 654 valence electrons. The lowest BCUT2D eigenvalue weighted by atomic mass is 9.54. The van der Waals surface area contributed by atoms with Crippen LogP contribution in [0, 0.1) is 36.5 Å². The van der Waals surface area contributed by atoms with Crippen molar-refractivity contribution in [3.8, 4) is 57.1 Å². The number of aryl methyl sites for hydroxylation is 1. The van der Waals surface area contributed by atoms with E-state index in [1.807, 2.05) is 20.9 Å². The van der Waals surface area contributed by atoms with Crippen molar-refractivity contribution in [1.29, 1.82) is 0 Å². The van der Waals surface area contributed by atoms with Gasteiger partial charge in [-0.15, -0.1) is 0 Å². The number of benzene rings is 5. The zero-order chi connectivity index (χ0) is 86.9. The summed E-state index contributed by atoms with van der Waals surface area (Å²) < 4.78 is 45.0. The standard InChI is InChI=1S/C84H107ClN12O24/c1-35(2)19-50(89-7)75(107)96-66-68(102)41-12-15-54(36(3)20-41)117-56-28-45-29-57(72(56)121-82-73(71(105)70(104)58(34-98)119-82)120-60-33-84(5,87)74(106)37(4)115-60)118-55-16-13-42(27-49(55)85)69(103)67-81(113)95-65(79(111)92-62-43-22-38-21-39(24-43)25-44(62)23-38)48-30-46(116-83(114)90-18-10-8-9-17-88-6)31-53(100)61(48)47-26-40(11-14-52(47)99)63(77(109)97-67)94-78(110)64(45)93-76(108)51(32-59(86)101)91-80(66)112/h11-16,20,26-31,35,37-39,43-44,50-51,58,60,62-71,73-74,82,88-89,98-100,102-106H,8-10,17-19,21-25,32-34,87H2,1-7H3,(H2,86,101)(H,90,114)(H,91,112)(H,92,111)(H,93,108)(H,94,110)(H,95,113)(H,96,107)(H,97,109)/t37-,38?,39?,43?,44?,50+,51-,58+,60-,62?,63+,64+,65-,66+,67-,68+,69+,70+,71-,73+,74+,82-,84-/m0/s1. The van der Waals surface area contributed by atoms with Crippen LogP contribution in [0.15, 0.2) is 78.9 Å². The lowest BCUT2D eigenvalue weighted by molar-refractivity contribution is -0.333. The lowest BCUT2D eigenvalue weighted by Gasteiger charge is -2.54. The highest BCUT2D eigenvalue weighted by Crippen LogP contribution is 2.55. The molecule has 7 aliphatic heterocycles. The number of aliphatic hydroxyl groups excluding tert-OH is 6. The average molecular weight is 1700 g/mol. The van der Waals surface area contributed by atoms with Crippen molar-refractivity contribution in [2.24, 2.45) is 41.1 Å². The molecule has 7 heterocycles. The van der Waals surface area contributed by atoms with Crippen LogP contribution in [0.25, 0.3) is 11.1 Å². The number of rotatable bonds is 21. The van der Waals surface area contributed by atoms with Crippen LogP contribution < -0.4 is 83.6 Å². The number of phenols is 2. The third-order valence-corrected chi connectivity index (χ3v) is 24.4. The molecule has 5 aromatic carbocycles. The Kier molecular flexibility index (Phi) is 27.4. The van der Waals surface area contributed by atoms with Gasteiger partial charge < -0.3 is 139 Å². The summed E-state index contributed by atoms with van der Waals surface area (Å²) in [6.45, 7) is 8.23. The summed E-state index contributed by atoms with van der Waals surface area (Å²) in [5.41, 5.74) is 9.29. The minimum absolute atomic E-state index is 0.0233. The maximum absolute atomic E-state index is 16.5. The minimum Gasteiger partial charge on any atom is -0.507 e. The zero-order valence-corrected chi connectivity index (χ0v) is 68.6. The molecule has 36 nitrogen and oxygen atoms in total. The number of halogens is 1. The predicted molar refractivity (Wildman–Crippen MR) is 430 cm³/mol. The normalized spacial score (nSPS) is 31.0. The van der Waals surface area contributed by atoms with E-state index in [0.29, 0.717) is 18.3 Å². The van der Waals surface area contributed by atoms with E-state index in [2.05, 4.69) is 53.2 Å². The van der Waals surface area contributed by atoms with Gasteiger partial charge in [-0.05, 0) is 210 Å². The number of hydrogen-bond donors (Lipinski definition) is 20. The van der Waals surface area contributed by atoms with Crippen LogP contribution in [-0.4, -0.2) is 213 Å². The fraction of sp³-hybridized carbons (Fsp3) is 0.536. The number of likely N-dealkylation sites (N-methyl/N-ethyl adjacent to an activating group) is 1. The Morgan fingerprint density at radius 2 is 1.33 bits per heavy atom. The molecular weight excluding hydrogens is 1600 g/mol. The van der Waals surface area contributed by atoms with Gasteiger partial charge in [-0.1, -0.05) is 50.1 Å². The second kappa shape index (κ2) is 37.3. The Morgan fingerprint density at radius 3 is 1.98 bits per heavy atom. The van der Waals surface area contributed by atoms with Gasteiger partial charge >= 0.3 is 6.09 Å². The van der Waals surface area contributed by atoms with E-state index in [1.165, 1.54) is 70.3 Å². The molecule has 0 radical (unpaired) electrons. The number of nitrogens with one attached hydrogen (secondary N) is 10. The van der Waals surface area contributed by atoms with E-state index in [0.717, 1.165) is 87.9 Å². The summed E-state index contributed by atoms with van der Waals surface area (Å²) in [5.74, 6) is -12.4. The van der Waals surface area contributed by atoms with Crippen molar-refractivity contribution >= 4 is 65.0 Å². The van der Waals surface area contributed by atoms with Crippen LogP contribution in [0.4, 0.5) is 4.79 Å². The van der Waals surface area contributed by atoms with Crippen molar-refractivity contribution in [3.05, 3.63) is 117 Å². The summed E-state index contributed by atoms with van der Waals surface area (Å²) in [4.78, 5) is 136. The number of hydrogen-bond acceptors (Lipinski definition) is 27. The molecule has 121 heavy (non-hydrogen) atoms. The lowest BCUT2D eigenvalue weighted by Crippen LogP contribution is -2.64. The highest BCUT2D eigenvalue weighted by molar-refractivity contribution is 6.32. The third kappa shape index (κ3) is 19.6. The number of phenolic OH excluding ortho intramolecular Hbond substituents is 2. The van der Waals surface area contributed by atoms with Gasteiger partial charge in [0, 0.05) is 41.7 Å². The smallest absolute Gasteiger partial charge is 0.412 e. The molecule has 0 aromatic heterocycles. The molecule has 11 aliphatic rings. The number of fused-ring (bicyclic) bond motifs is 15. The second-order valence-corrected chi connectivity index (χ2v) is 34.0. The first kappa shape index (κ1) is 88.7. The largest absolute Gasteiger partial charge is 0.507 e.